The molecule has 4 heteroatoms. The van der Waals surface area contributed by atoms with E-state index in [1.807, 2.05) is 43.3 Å². The van der Waals surface area contributed by atoms with Crippen LogP contribution in [0, 0.1) is 5.82 Å². The first-order chi connectivity index (χ1) is 12.1. The standard InChI is InChI=1S/C21H27FN2O/c1-4-23(5-2)20(18-12-8-7-9-13-18)21(25)24(6-3)16-17-11-10-14-19(22)15-17/h7-15,20H,4-6,16H2,1-3H3. The fourth-order valence-electron chi connectivity index (χ4n) is 3.11. The number of carbonyl (C=O) groups is 1. The van der Waals surface area contributed by atoms with Gasteiger partial charge in [0.2, 0.25) is 5.91 Å². The normalized spacial score (nSPS) is 12.2. The highest BCUT2D eigenvalue weighted by molar-refractivity contribution is 5.83. The molecular weight excluding hydrogens is 315 g/mol. The second kappa shape index (κ2) is 9.33. The summed E-state index contributed by atoms with van der Waals surface area (Å²) in [6.07, 6.45) is 0. The van der Waals surface area contributed by atoms with Crippen LogP contribution in [0.4, 0.5) is 4.39 Å². The summed E-state index contributed by atoms with van der Waals surface area (Å²) >= 11 is 0. The lowest BCUT2D eigenvalue weighted by molar-refractivity contribution is -0.137. The van der Waals surface area contributed by atoms with E-state index in [0.717, 1.165) is 24.2 Å². The molecule has 0 spiro atoms. The molecule has 0 aliphatic carbocycles. The number of halogens is 1. The molecule has 25 heavy (non-hydrogen) atoms. The number of amides is 1. The Balaban J connectivity index is 2.29. The second-order valence-corrected chi connectivity index (χ2v) is 6.02. The van der Waals surface area contributed by atoms with Crippen LogP contribution in [-0.2, 0) is 11.3 Å². The molecular formula is C21H27FN2O. The minimum absolute atomic E-state index is 0.0571. The first-order valence-electron chi connectivity index (χ1n) is 8.92. The Kier molecular flexibility index (Phi) is 7.14. The van der Waals surface area contributed by atoms with Crippen LogP contribution < -0.4 is 0 Å². The summed E-state index contributed by atoms with van der Waals surface area (Å²) in [6, 6.07) is 16.0. The largest absolute Gasteiger partial charge is 0.337 e. The van der Waals surface area contributed by atoms with E-state index in [4.69, 9.17) is 0 Å². The summed E-state index contributed by atoms with van der Waals surface area (Å²) in [4.78, 5) is 17.3. The summed E-state index contributed by atoms with van der Waals surface area (Å²) in [5.41, 5.74) is 1.80. The van der Waals surface area contributed by atoms with E-state index in [0.29, 0.717) is 13.1 Å². The van der Waals surface area contributed by atoms with Crippen LogP contribution in [0.5, 0.6) is 0 Å². The van der Waals surface area contributed by atoms with Gasteiger partial charge in [-0.15, -0.1) is 0 Å². The molecule has 2 rings (SSSR count). The Labute approximate surface area is 150 Å². The smallest absolute Gasteiger partial charge is 0.244 e. The zero-order valence-corrected chi connectivity index (χ0v) is 15.3. The van der Waals surface area contributed by atoms with Crippen molar-refractivity contribution in [3.05, 3.63) is 71.5 Å². The molecule has 0 radical (unpaired) electrons. The van der Waals surface area contributed by atoms with Crippen LogP contribution in [0.25, 0.3) is 0 Å². The van der Waals surface area contributed by atoms with Crippen molar-refractivity contribution >= 4 is 5.91 Å². The van der Waals surface area contributed by atoms with E-state index in [-0.39, 0.29) is 17.8 Å². The van der Waals surface area contributed by atoms with Gasteiger partial charge in [-0.25, -0.2) is 4.39 Å². The summed E-state index contributed by atoms with van der Waals surface area (Å²) in [5.74, 6) is -0.217. The van der Waals surface area contributed by atoms with Gasteiger partial charge in [0.25, 0.3) is 0 Å². The highest BCUT2D eigenvalue weighted by Gasteiger charge is 2.29. The predicted octanol–water partition coefficient (Wildman–Crippen LogP) is 4.26. The quantitative estimate of drug-likeness (QED) is 0.716. The van der Waals surface area contributed by atoms with Crippen molar-refractivity contribution in [1.29, 1.82) is 0 Å². The van der Waals surface area contributed by atoms with Crippen molar-refractivity contribution in [2.24, 2.45) is 0 Å². The average molecular weight is 342 g/mol. The molecule has 2 aromatic carbocycles. The minimum Gasteiger partial charge on any atom is -0.337 e. The van der Waals surface area contributed by atoms with Gasteiger partial charge in [0.15, 0.2) is 0 Å². The van der Waals surface area contributed by atoms with E-state index in [1.165, 1.54) is 12.1 Å². The van der Waals surface area contributed by atoms with Crippen LogP contribution in [0.3, 0.4) is 0 Å². The topological polar surface area (TPSA) is 23.6 Å². The lowest BCUT2D eigenvalue weighted by Crippen LogP contribution is -2.42. The Morgan fingerprint density at radius 3 is 2.20 bits per heavy atom. The molecule has 2 aromatic rings. The second-order valence-electron chi connectivity index (χ2n) is 6.02. The highest BCUT2D eigenvalue weighted by Crippen LogP contribution is 2.24. The van der Waals surface area contributed by atoms with Gasteiger partial charge in [-0.1, -0.05) is 56.3 Å². The van der Waals surface area contributed by atoms with Gasteiger partial charge in [0, 0.05) is 13.1 Å². The predicted molar refractivity (Wildman–Crippen MR) is 99.6 cm³/mol. The van der Waals surface area contributed by atoms with Crippen LogP contribution in [-0.4, -0.2) is 35.3 Å². The van der Waals surface area contributed by atoms with E-state index in [1.54, 1.807) is 11.0 Å². The Morgan fingerprint density at radius 1 is 0.960 bits per heavy atom. The summed E-state index contributed by atoms with van der Waals surface area (Å²) < 4.78 is 13.5. The van der Waals surface area contributed by atoms with Crippen molar-refractivity contribution in [3.8, 4) is 0 Å². The molecule has 0 aromatic heterocycles. The van der Waals surface area contributed by atoms with Gasteiger partial charge < -0.3 is 4.90 Å². The summed E-state index contributed by atoms with van der Waals surface area (Å²) in [7, 11) is 0. The van der Waals surface area contributed by atoms with Crippen molar-refractivity contribution < 1.29 is 9.18 Å². The number of likely N-dealkylation sites (N-methyl/N-ethyl adjacent to an activating group) is 2. The van der Waals surface area contributed by atoms with Crippen LogP contribution in [0.1, 0.15) is 37.9 Å². The van der Waals surface area contributed by atoms with E-state index in [9.17, 15) is 9.18 Å². The fourth-order valence-corrected chi connectivity index (χ4v) is 3.11. The maximum absolute atomic E-state index is 13.5. The molecule has 0 fully saturated rings. The SMILES string of the molecule is CCN(Cc1cccc(F)c1)C(=O)C(c1ccccc1)N(CC)CC. The number of rotatable bonds is 8. The summed E-state index contributed by atoms with van der Waals surface area (Å²) in [5, 5.41) is 0. The van der Waals surface area contributed by atoms with Crippen molar-refractivity contribution in [2.45, 2.75) is 33.4 Å². The van der Waals surface area contributed by atoms with Gasteiger partial charge in [-0.3, -0.25) is 9.69 Å². The lowest BCUT2D eigenvalue weighted by atomic mass is 10.0. The molecule has 0 aliphatic heterocycles. The Morgan fingerprint density at radius 2 is 1.64 bits per heavy atom. The van der Waals surface area contributed by atoms with Crippen molar-refractivity contribution in [3.63, 3.8) is 0 Å². The van der Waals surface area contributed by atoms with Crippen molar-refractivity contribution in [2.75, 3.05) is 19.6 Å². The minimum atomic E-state index is -0.315. The third kappa shape index (κ3) is 4.89. The number of hydrogen-bond acceptors (Lipinski definition) is 2. The van der Waals surface area contributed by atoms with Gasteiger partial charge in [0.05, 0.1) is 0 Å². The molecule has 1 unspecified atom stereocenters. The number of hydrogen-bond donors (Lipinski definition) is 0. The van der Waals surface area contributed by atoms with E-state index < -0.39 is 0 Å². The van der Waals surface area contributed by atoms with Gasteiger partial charge in [0.1, 0.15) is 11.9 Å². The van der Waals surface area contributed by atoms with Gasteiger partial charge in [-0.05, 0) is 43.3 Å². The number of nitrogens with zero attached hydrogens (tertiary/aromatic N) is 2. The zero-order valence-electron chi connectivity index (χ0n) is 15.3. The third-order valence-corrected chi connectivity index (χ3v) is 4.48. The highest BCUT2D eigenvalue weighted by atomic mass is 19.1. The van der Waals surface area contributed by atoms with E-state index in [2.05, 4.69) is 18.7 Å². The fraction of sp³-hybridized carbons (Fsp3) is 0.381. The van der Waals surface area contributed by atoms with Gasteiger partial charge in [-0.2, -0.15) is 0 Å². The third-order valence-electron chi connectivity index (χ3n) is 4.48. The monoisotopic (exact) mass is 342 g/mol. The van der Waals surface area contributed by atoms with Gasteiger partial charge >= 0.3 is 0 Å². The molecule has 0 aliphatic rings. The lowest BCUT2D eigenvalue weighted by Gasteiger charge is -2.33. The molecule has 1 atom stereocenters. The Hall–Kier alpha value is -2.20. The van der Waals surface area contributed by atoms with Crippen LogP contribution >= 0.6 is 0 Å². The summed E-state index contributed by atoms with van der Waals surface area (Å²) in [6.45, 7) is 8.67. The molecule has 0 saturated carbocycles. The van der Waals surface area contributed by atoms with Crippen LogP contribution in [0.2, 0.25) is 0 Å². The first-order valence-corrected chi connectivity index (χ1v) is 8.92. The molecule has 0 heterocycles. The molecule has 0 saturated heterocycles. The molecule has 3 nitrogen and oxygen atoms in total. The molecule has 0 bridgehead atoms. The Bertz CT molecular complexity index is 671. The molecule has 1 amide bonds. The maximum Gasteiger partial charge on any atom is 0.244 e. The average Bonchev–Trinajstić information content (AvgIpc) is 2.64. The number of carbonyl (C=O) groups excluding carboxylic acids is 1. The first kappa shape index (κ1) is 19.1. The van der Waals surface area contributed by atoms with Crippen molar-refractivity contribution in [1.82, 2.24) is 9.80 Å². The maximum atomic E-state index is 13.5. The molecule has 0 N–H and O–H groups in total. The molecule has 134 valence electrons. The van der Waals surface area contributed by atoms with E-state index >= 15 is 0 Å². The number of benzene rings is 2. The zero-order chi connectivity index (χ0) is 18.2. The van der Waals surface area contributed by atoms with Crippen LogP contribution in [0.15, 0.2) is 54.6 Å².